The molecule has 1 aliphatic rings. The van der Waals surface area contributed by atoms with Crippen LogP contribution in [0, 0.1) is 23.4 Å². The molecule has 5 N–H and O–H groups in total. The van der Waals surface area contributed by atoms with Crippen LogP contribution in [0.5, 0.6) is 0 Å². The third kappa shape index (κ3) is 4.70. The van der Waals surface area contributed by atoms with E-state index in [0.29, 0.717) is 49.0 Å². The molecule has 9 nitrogen and oxygen atoms in total. The van der Waals surface area contributed by atoms with Gasteiger partial charge in [0.15, 0.2) is 17.3 Å². The lowest BCUT2D eigenvalue weighted by atomic mass is 9.85. The molecule has 4 rings (SSSR count). The summed E-state index contributed by atoms with van der Waals surface area (Å²) in [5.41, 5.74) is 5.69. The number of nitrogens with zero attached hydrogens (tertiary/aromatic N) is 4. The number of hydrogen-bond acceptors (Lipinski definition) is 7. The van der Waals surface area contributed by atoms with E-state index >= 15 is 0 Å². The Balaban J connectivity index is 1.77. The number of fused-ring (bicyclic) bond motifs is 1. The average molecular weight is 463 g/mol. The summed E-state index contributed by atoms with van der Waals surface area (Å²) in [5.74, 6) is -3.47. The second-order valence-electron chi connectivity index (χ2n) is 8.21. The molecule has 1 aromatic carbocycles. The fourth-order valence-electron chi connectivity index (χ4n) is 4.05. The van der Waals surface area contributed by atoms with Crippen LogP contribution in [0.1, 0.15) is 38.6 Å². The van der Waals surface area contributed by atoms with Gasteiger partial charge in [-0.2, -0.15) is 4.98 Å². The van der Waals surface area contributed by atoms with Crippen molar-refractivity contribution in [2.24, 2.45) is 11.7 Å². The smallest absolute Gasteiger partial charge is 0.225 e. The molecule has 0 aliphatic heterocycles. The van der Waals surface area contributed by atoms with Crippen LogP contribution in [0.4, 0.5) is 30.8 Å². The first kappa shape index (κ1) is 22.8. The number of rotatable bonds is 7. The normalized spacial score (nSPS) is 19.4. The van der Waals surface area contributed by atoms with E-state index in [1.807, 2.05) is 0 Å². The number of aliphatic hydroxyl groups is 1. The third-order valence-corrected chi connectivity index (χ3v) is 5.79. The largest absolute Gasteiger partial charge is 0.394 e. The minimum atomic E-state index is -1.10. The van der Waals surface area contributed by atoms with Crippen LogP contribution >= 0.6 is 0 Å². The van der Waals surface area contributed by atoms with Gasteiger partial charge in [-0.15, -0.1) is 0 Å². The second-order valence-corrected chi connectivity index (χ2v) is 8.21. The summed E-state index contributed by atoms with van der Waals surface area (Å²) in [6, 6.07) is 0.672. The van der Waals surface area contributed by atoms with E-state index in [4.69, 9.17) is 5.73 Å². The van der Waals surface area contributed by atoms with Gasteiger partial charge in [-0.3, -0.25) is 9.36 Å². The van der Waals surface area contributed by atoms with Gasteiger partial charge in [0.1, 0.15) is 17.0 Å². The zero-order chi connectivity index (χ0) is 23.7. The van der Waals surface area contributed by atoms with Crippen LogP contribution < -0.4 is 16.4 Å². The van der Waals surface area contributed by atoms with Gasteiger partial charge in [0.05, 0.1) is 12.8 Å². The van der Waals surface area contributed by atoms with Crippen LogP contribution in [-0.2, 0) is 4.79 Å². The molecule has 1 unspecified atom stereocenters. The highest BCUT2D eigenvalue weighted by molar-refractivity contribution is 5.78. The molecule has 0 bridgehead atoms. The summed E-state index contributed by atoms with van der Waals surface area (Å²) >= 11 is 0. The number of amides is 1. The molecule has 3 aromatic rings. The molecule has 0 spiro atoms. The highest BCUT2D eigenvalue weighted by atomic mass is 19.1. The lowest BCUT2D eigenvalue weighted by Crippen LogP contribution is -2.29. The van der Waals surface area contributed by atoms with Gasteiger partial charge in [-0.25, -0.2) is 23.1 Å². The van der Waals surface area contributed by atoms with Gasteiger partial charge in [0.2, 0.25) is 17.8 Å². The van der Waals surface area contributed by atoms with Crippen molar-refractivity contribution in [2.75, 3.05) is 17.2 Å². The number of primary amides is 1. The first-order chi connectivity index (χ1) is 15.8. The Morgan fingerprint density at radius 3 is 2.48 bits per heavy atom. The third-order valence-electron chi connectivity index (χ3n) is 5.79. The van der Waals surface area contributed by atoms with Crippen molar-refractivity contribution in [3.05, 3.63) is 35.8 Å². The highest BCUT2D eigenvalue weighted by Crippen LogP contribution is 2.37. The number of nitrogens with two attached hydrogens (primary N) is 1. The highest BCUT2D eigenvalue weighted by Gasteiger charge is 2.29. The zero-order valence-electron chi connectivity index (χ0n) is 17.9. The number of benzene rings is 1. The molecule has 1 saturated carbocycles. The maximum Gasteiger partial charge on any atom is 0.225 e. The molecule has 2 aromatic heterocycles. The molecule has 12 heteroatoms. The van der Waals surface area contributed by atoms with E-state index in [-0.39, 0.29) is 42.4 Å². The van der Waals surface area contributed by atoms with E-state index in [2.05, 4.69) is 25.6 Å². The minimum absolute atomic E-state index is 0.110. The Kier molecular flexibility index (Phi) is 6.36. The van der Waals surface area contributed by atoms with Crippen LogP contribution in [0.2, 0.25) is 0 Å². The lowest BCUT2D eigenvalue weighted by Gasteiger charge is -2.29. The van der Waals surface area contributed by atoms with Crippen LogP contribution in [0.3, 0.4) is 0 Å². The van der Waals surface area contributed by atoms with Gasteiger partial charge in [0.25, 0.3) is 0 Å². The number of aromatic nitrogens is 4. The summed E-state index contributed by atoms with van der Waals surface area (Å²) in [4.78, 5) is 24.7. The van der Waals surface area contributed by atoms with Crippen molar-refractivity contribution in [1.29, 1.82) is 0 Å². The number of nitrogens with one attached hydrogen (secondary N) is 2. The summed E-state index contributed by atoms with van der Waals surface area (Å²) in [6.45, 7) is 1.62. The second kappa shape index (κ2) is 9.22. The Labute approximate surface area is 187 Å². The number of halogens is 3. The van der Waals surface area contributed by atoms with Crippen LogP contribution in [0.25, 0.3) is 11.2 Å². The number of imidazole rings is 1. The lowest BCUT2D eigenvalue weighted by molar-refractivity contribution is -0.122. The predicted octanol–water partition coefficient (Wildman–Crippen LogP) is 3.00. The van der Waals surface area contributed by atoms with Gasteiger partial charge >= 0.3 is 0 Å². The van der Waals surface area contributed by atoms with Crippen LogP contribution in [-0.4, -0.2) is 43.2 Å². The van der Waals surface area contributed by atoms with Crippen molar-refractivity contribution >= 4 is 34.7 Å². The summed E-state index contributed by atoms with van der Waals surface area (Å²) in [5, 5.41) is 14.9. The SMILES string of the molecule is CC(CO)Nc1ncc2nc(Nc3c(F)cc(F)cc3F)n(C3CCC(C(N)=O)CC3)c2n1. The average Bonchev–Trinajstić information content (AvgIpc) is 3.13. The number of anilines is 3. The van der Waals surface area contributed by atoms with Crippen molar-refractivity contribution in [3.8, 4) is 0 Å². The van der Waals surface area contributed by atoms with E-state index in [9.17, 15) is 23.1 Å². The quantitative estimate of drug-likeness (QED) is 0.424. The molecule has 176 valence electrons. The molecule has 33 heavy (non-hydrogen) atoms. The van der Waals surface area contributed by atoms with Gasteiger partial charge in [0, 0.05) is 30.1 Å². The van der Waals surface area contributed by atoms with Crippen LogP contribution in [0.15, 0.2) is 18.3 Å². The minimum Gasteiger partial charge on any atom is -0.394 e. The van der Waals surface area contributed by atoms with E-state index < -0.39 is 23.1 Å². The Hall–Kier alpha value is -3.41. The molecule has 0 saturated heterocycles. The molecule has 1 aliphatic carbocycles. The maximum absolute atomic E-state index is 14.3. The maximum atomic E-state index is 14.3. The number of aliphatic hydroxyl groups excluding tert-OH is 1. The standard InChI is InChI=1S/C21H24F3N7O2/c1-10(9-32)27-20-26-8-16-19(30-20)31(13-4-2-11(3-5-13)18(25)33)21(28-16)29-17-14(23)6-12(22)7-15(17)24/h6-8,10-11,13,32H,2-5,9H2,1H3,(H2,25,33)(H,28,29)(H,26,27,30). The molecular formula is C21H24F3N7O2. The predicted molar refractivity (Wildman–Crippen MR) is 115 cm³/mol. The van der Waals surface area contributed by atoms with E-state index in [0.717, 1.165) is 0 Å². The Morgan fingerprint density at radius 2 is 1.88 bits per heavy atom. The number of carbonyl (C=O) groups excluding carboxylic acids is 1. The molecule has 1 amide bonds. The summed E-state index contributed by atoms with van der Waals surface area (Å²) in [7, 11) is 0. The summed E-state index contributed by atoms with van der Waals surface area (Å²) in [6.07, 6.45) is 3.71. The van der Waals surface area contributed by atoms with E-state index in [1.165, 1.54) is 6.20 Å². The zero-order valence-corrected chi connectivity index (χ0v) is 17.9. The van der Waals surface area contributed by atoms with Crippen molar-refractivity contribution in [2.45, 2.75) is 44.7 Å². The van der Waals surface area contributed by atoms with E-state index in [1.54, 1.807) is 11.5 Å². The Morgan fingerprint density at radius 1 is 1.21 bits per heavy atom. The Bertz CT molecular complexity index is 1160. The van der Waals surface area contributed by atoms with Crippen molar-refractivity contribution in [3.63, 3.8) is 0 Å². The monoisotopic (exact) mass is 463 g/mol. The fraction of sp³-hybridized carbons (Fsp3) is 0.429. The first-order valence-corrected chi connectivity index (χ1v) is 10.6. The fourth-order valence-corrected chi connectivity index (χ4v) is 4.05. The van der Waals surface area contributed by atoms with Gasteiger partial charge < -0.3 is 21.5 Å². The van der Waals surface area contributed by atoms with Gasteiger partial charge in [-0.05, 0) is 32.6 Å². The topological polar surface area (TPSA) is 131 Å². The summed E-state index contributed by atoms with van der Waals surface area (Å²) < 4.78 is 43.7. The number of hydrogen-bond donors (Lipinski definition) is 4. The van der Waals surface area contributed by atoms with Crippen molar-refractivity contribution in [1.82, 2.24) is 19.5 Å². The first-order valence-electron chi connectivity index (χ1n) is 10.6. The molecule has 1 fully saturated rings. The molecular weight excluding hydrogens is 439 g/mol. The van der Waals surface area contributed by atoms with Gasteiger partial charge in [-0.1, -0.05) is 0 Å². The molecule has 2 heterocycles. The number of carbonyl (C=O) groups is 1. The molecule has 1 atom stereocenters. The molecule has 0 radical (unpaired) electrons. The van der Waals surface area contributed by atoms with Crippen molar-refractivity contribution < 1.29 is 23.1 Å².